The maximum Gasteiger partial charge on any atom is 0.137 e. The van der Waals surface area contributed by atoms with E-state index in [0.29, 0.717) is 0 Å². The Morgan fingerprint density at radius 1 is 0.258 bits per heavy atom. The van der Waals surface area contributed by atoms with Gasteiger partial charge >= 0.3 is 0 Å². The fourth-order valence-electron chi connectivity index (χ4n) is 9.38. The standard InChI is InChI=1S/C62H62N2O2/c1-59(2,3)41-14-23-45(24-15-41)63(46-25-16-42(17-26-46)60(4,5)6)49-22-13-39-34-52-54-38-57-53(37-58(54)65-55(52)35-40(39)33-49)51-32-31-50(36-56(51)66-57)64(47-27-18-43(19-28-47)61(7,8)9)48-29-20-44(21-30-48)62(10,11)12/h13-38H,1-12H3. The Kier molecular flexibility index (Phi) is 10.1. The molecule has 0 saturated heterocycles. The zero-order valence-electron chi connectivity index (χ0n) is 40.7. The fraction of sp³-hybridized carbons (Fsp3) is 0.258. The molecule has 0 aliphatic heterocycles. The number of benzene rings is 8. The number of hydrogen-bond acceptors (Lipinski definition) is 4. The molecule has 2 heterocycles. The van der Waals surface area contributed by atoms with Crippen molar-refractivity contribution in [2.45, 2.75) is 105 Å². The average Bonchev–Trinajstić information content (AvgIpc) is 3.80. The van der Waals surface area contributed by atoms with Gasteiger partial charge in [-0.1, -0.05) is 138 Å². The second-order valence-corrected chi connectivity index (χ2v) is 22.5. The molecule has 332 valence electrons. The summed E-state index contributed by atoms with van der Waals surface area (Å²) in [6.07, 6.45) is 0. The molecule has 8 aromatic carbocycles. The van der Waals surface area contributed by atoms with E-state index in [0.717, 1.165) is 88.8 Å². The highest BCUT2D eigenvalue weighted by Crippen LogP contribution is 2.44. The van der Waals surface area contributed by atoms with E-state index >= 15 is 0 Å². The minimum atomic E-state index is 0.0630. The van der Waals surface area contributed by atoms with Crippen molar-refractivity contribution in [3.63, 3.8) is 0 Å². The second-order valence-electron chi connectivity index (χ2n) is 22.5. The van der Waals surface area contributed by atoms with Crippen molar-refractivity contribution in [1.82, 2.24) is 0 Å². The molecule has 0 unspecified atom stereocenters. The molecule has 0 atom stereocenters. The fourth-order valence-corrected chi connectivity index (χ4v) is 9.38. The highest BCUT2D eigenvalue weighted by atomic mass is 16.3. The highest BCUT2D eigenvalue weighted by Gasteiger charge is 2.23. The molecule has 10 rings (SSSR count). The van der Waals surface area contributed by atoms with Gasteiger partial charge in [-0.3, -0.25) is 0 Å². The van der Waals surface area contributed by atoms with Crippen LogP contribution in [0.4, 0.5) is 34.1 Å². The lowest BCUT2D eigenvalue weighted by Gasteiger charge is -2.28. The molecule has 66 heavy (non-hydrogen) atoms. The number of rotatable bonds is 6. The van der Waals surface area contributed by atoms with Crippen LogP contribution in [0, 0.1) is 0 Å². The van der Waals surface area contributed by atoms with Crippen molar-refractivity contribution in [3.8, 4) is 0 Å². The Morgan fingerprint density at radius 3 is 0.955 bits per heavy atom. The SMILES string of the molecule is CC(C)(C)c1ccc(N(c2ccc(C(C)(C)C)cc2)c2ccc3cc4c(cc3c2)oc2cc3c(cc24)oc2cc(N(c4ccc(C(C)(C)C)cc4)c4ccc(C(C)(C)C)cc4)ccc23)cc1. The molecule has 0 spiro atoms. The van der Waals surface area contributed by atoms with Gasteiger partial charge in [-0.25, -0.2) is 0 Å². The number of hydrogen-bond donors (Lipinski definition) is 0. The number of nitrogens with zero attached hydrogens (tertiary/aromatic N) is 2. The van der Waals surface area contributed by atoms with Crippen LogP contribution in [-0.4, -0.2) is 0 Å². The molecule has 0 N–H and O–H groups in total. The van der Waals surface area contributed by atoms with Crippen molar-refractivity contribution in [2.24, 2.45) is 0 Å². The zero-order chi connectivity index (χ0) is 46.5. The minimum absolute atomic E-state index is 0.0630. The molecule has 0 bridgehead atoms. The van der Waals surface area contributed by atoms with E-state index < -0.39 is 0 Å². The summed E-state index contributed by atoms with van der Waals surface area (Å²) in [5.74, 6) is 0. The van der Waals surface area contributed by atoms with Crippen LogP contribution in [-0.2, 0) is 21.7 Å². The zero-order valence-corrected chi connectivity index (χ0v) is 40.7. The van der Waals surface area contributed by atoms with Crippen molar-refractivity contribution in [2.75, 3.05) is 9.80 Å². The van der Waals surface area contributed by atoms with Gasteiger partial charge in [0.2, 0.25) is 0 Å². The Bertz CT molecular complexity index is 3170. The molecule has 4 heteroatoms. The predicted molar refractivity (Wildman–Crippen MR) is 283 cm³/mol. The number of furan rings is 2. The molecule has 2 aromatic heterocycles. The van der Waals surface area contributed by atoms with Crippen molar-refractivity contribution in [3.05, 3.63) is 180 Å². The van der Waals surface area contributed by atoms with Gasteiger partial charge in [0.05, 0.1) is 0 Å². The largest absolute Gasteiger partial charge is 0.456 e. The molecular weight excluding hydrogens is 805 g/mol. The first kappa shape index (κ1) is 43.1. The lowest BCUT2D eigenvalue weighted by molar-refractivity contribution is 0.590. The molecule has 0 amide bonds. The van der Waals surface area contributed by atoms with E-state index in [1.807, 2.05) is 0 Å². The smallest absolute Gasteiger partial charge is 0.137 e. The third kappa shape index (κ3) is 7.91. The first-order chi connectivity index (χ1) is 31.2. The molecular formula is C62H62N2O2. The van der Waals surface area contributed by atoms with Crippen LogP contribution in [0.2, 0.25) is 0 Å². The number of fused-ring (bicyclic) bond motifs is 7. The van der Waals surface area contributed by atoms with E-state index in [4.69, 9.17) is 8.83 Å². The maximum atomic E-state index is 6.76. The van der Waals surface area contributed by atoms with E-state index in [1.165, 1.54) is 22.3 Å². The van der Waals surface area contributed by atoms with Gasteiger partial charge < -0.3 is 18.6 Å². The van der Waals surface area contributed by atoms with Gasteiger partial charge in [-0.2, -0.15) is 0 Å². The summed E-state index contributed by atoms with van der Waals surface area (Å²) < 4.78 is 13.5. The summed E-state index contributed by atoms with van der Waals surface area (Å²) >= 11 is 0. The van der Waals surface area contributed by atoms with Crippen LogP contribution in [0.1, 0.15) is 105 Å². The van der Waals surface area contributed by atoms with Gasteiger partial charge in [-0.15, -0.1) is 0 Å². The topological polar surface area (TPSA) is 32.8 Å². The Labute approximate surface area is 390 Å². The molecule has 0 fully saturated rings. The minimum Gasteiger partial charge on any atom is -0.456 e. The average molecular weight is 867 g/mol. The second kappa shape index (κ2) is 15.4. The van der Waals surface area contributed by atoms with Crippen LogP contribution in [0.5, 0.6) is 0 Å². The molecule has 0 aliphatic rings. The molecule has 0 radical (unpaired) electrons. The van der Waals surface area contributed by atoms with Gasteiger partial charge in [0, 0.05) is 61.7 Å². The molecule has 10 aromatic rings. The van der Waals surface area contributed by atoms with Gasteiger partial charge in [0.25, 0.3) is 0 Å². The Morgan fingerprint density at radius 2 is 0.561 bits per heavy atom. The van der Waals surface area contributed by atoms with E-state index in [1.54, 1.807) is 0 Å². The van der Waals surface area contributed by atoms with Gasteiger partial charge in [0.15, 0.2) is 0 Å². The normalized spacial score (nSPS) is 12.8. The molecule has 0 saturated carbocycles. The summed E-state index contributed by atoms with van der Waals surface area (Å²) in [6, 6.07) is 58.1. The quantitative estimate of drug-likeness (QED) is 0.167. The van der Waals surface area contributed by atoms with E-state index in [2.05, 4.69) is 251 Å². The first-order valence-electron chi connectivity index (χ1n) is 23.5. The molecule has 4 nitrogen and oxygen atoms in total. The van der Waals surface area contributed by atoms with Crippen LogP contribution in [0.3, 0.4) is 0 Å². The van der Waals surface area contributed by atoms with Crippen LogP contribution in [0.25, 0.3) is 54.6 Å². The highest BCUT2D eigenvalue weighted by molar-refractivity contribution is 6.17. The Hall–Kier alpha value is -6.78. The van der Waals surface area contributed by atoms with Crippen LogP contribution < -0.4 is 9.80 Å². The lowest BCUT2D eigenvalue weighted by Crippen LogP contribution is -2.14. The third-order valence-electron chi connectivity index (χ3n) is 13.5. The van der Waals surface area contributed by atoms with E-state index in [9.17, 15) is 0 Å². The summed E-state index contributed by atoms with van der Waals surface area (Å²) in [6.45, 7) is 27.1. The third-order valence-corrected chi connectivity index (χ3v) is 13.5. The summed E-state index contributed by atoms with van der Waals surface area (Å²) in [5, 5.41) is 6.49. The maximum absolute atomic E-state index is 6.76. The summed E-state index contributed by atoms with van der Waals surface area (Å²) in [4.78, 5) is 4.68. The monoisotopic (exact) mass is 866 g/mol. The van der Waals surface area contributed by atoms with Crippen molar-refractivity contribution < 1.29 is 8.83 Å². The lowest BCUT2D eigenvalue weighted by atomic mass is 9.86. The van der Waals surface area contributed by atoms with E-state index in [-0.39, 0.29) is 21.7 Å². The summed E-state index contributed by atoms with van der Waals surface area (Å²) in [5.41, 5.74) is 15.5. The Balaban J connectivity index is 1.04. The number of anilines is 6. The van der Waals surface area contributed by atoms with Crippen molar-refractivity contribution in [1.29, 1.82) is 0 Å². The molecule has 0 aliphatic carbocycles. The van der Waals surface area contributed by atoms with Gasteiger partial charge in [-0.05, 0) is 152 Å². The van der Waals surface area contributed by atoms with Gasteiger partial charge in [0.1, 0.15) is 22.3 Å². The van der Waals surface area contributed by atoms with Crippen LogP contribution >= 0.6 is 0 Å². The predicted octanol–water partition coefficient (Wildman–Crippen LogP) is 18.8. The van der Waals surface area contributed by atoms with Crippen molar-refractivity contribution >= 4 is 88.8 Å². The summed E-state index contributed by atoms with van der Waals surface area (Å²) in [7, 11) is 0. The van der Waals surface area contributed by atoms with Crippen LogP contribution in [0.15, 0.2) is 167 Å². The first-order valence-corrected chi connectivity index (χ1v) is 23.5.